The minimum Gasteiger partial charge on any atom is -0.360 e. The number of anilines is 1. The topological polar surface area (TPSA) is 65.4 Å². The maximum absolute atomic E-state index is 12.5. The van der Waals surface area contributed by atoms with E-state index >= 15 is 0 Å². The minimum absolute atomic E-state index is 0.00209. The number of rotatable bonds is 6. The Labute approximate surface area is 202 Å². The van der Waals surface area contributed by atoms with Gasteiger partial charge in [0.2, 0.25) is 5.91 Å². The van der Waals surface area contributed by atoms with E-state index in [1.54, 1.807) is 6.07 Å². The summed E-state index contributed by atoms with van der Waals surface area (Å²) in [4.78, 5) is 12.5. The summed E-state index contributed by atoms with van der Waals surface area (Å²) in [7, 11) is 0. The lowest BCUT2D eigenvalue weighted by Crippen LogP contribution is -2.42. The van der Waals surface area contributed by atoms with Crippen molar-refractivity contribution in [2.75, 3.05) is 25.0 Å². The average Bonchev–Trinajstić information content (AvgIpc) is 2.85. The van der Waals surface area contributed by atoms with Crippen LogP contribution in [0.1, 0.15) is 24.0 Å². The predicted molar refractivity (Wildman–Crippen MR) is 134 cm³/mol. The highest BCUT2D eigenvalue weighted by Crippen LogP contribution is 2.38. The van der Waals surface area contributed by atoms with Crippen molar-refractivity contribution in [3.05, 3.63) is 90.0 Å². The van der Waals surface area contributed by atoms with Gasteiger partial charge in [-0.1, -0.05) is 54.6 Å². The van der Waals surface area contributed by atoms with E-state index in [2.05, 4.69) is 61.6 Å². The Morgan fingerprint density at radius 1 is 1.00 bits per heavy atom. The summed E-state index contributed by atoms with van der Waals surface area (Å²) in [5.41, 5.74) is 4.05. The van der Waals surface area contributed by atoms with E-state index in [1.807, 2.05) is 48.5 Å². The smallest absolute Gasteiger partial charge is 0.250 e. The summed E-state index contributed by atoms with van der Waals surface area (Å²) in [5, 5.41) is 12.1. The molecule has 0 aromatic heterocycles. The van der Waals surface area contributed by atoms with Crippen molar-refractivity contribution in [3.8, 4) is 17.2 Å². The fourth-order valence-corrected chi connectivity index (χ4v) is 4.50. The summed E-state index contributed by atoms with van der Waals surface area (Å²) in [6.07, 6.45) is 1.63. The van der Waals surface area contributed by atoms with Gasteiger partial charge >= 0.3 is 0 Å². The second-order valence-electron chi connectivity index (χ2n) is 7.88. The second kappa shape index (κ2) is 10.3. The number of nitrogens with one attached hydrogen (secondary N) is 1. The lowest BCUT2D eigenvalue weighted by atomic mass is 9.84. The standard InChI is InChI=1S/C26H24IN3O2/c27-30-15-13-26(14-16-30,32-19-25(31)29-24-7-2-1-3-8-24)23-11-9-21(10-12-23)22-6-4-5-20(17-22)18-28/h1-12,17H,13-16,19H2,(H,29,31). The molecule has 3 aromatic rings. The van der Waals surface area contributed by atoms with E-state index in [0.717, 1.165) is 48.3 Å². The van der Waals surface area contributed by atoms with Crippen LogP contribution in [-0.4, -0.2) is 28.7 Å². The third-order valence-corrected chi connectivity index (χ3v) is 6.75. The van der Waals surface area contributed by atoms with Gasteiger partial charge in [-0.3, -0.25) is 4.79 Å². The minimum atomic E-state index is -0.497. The Morgan fingerprint density at radius 3 is 2.41 bits per heavy atom. The maximum Gasteiger partial charge on any atom is 0.250 e. The van der Waals surface area contributed by atoms with Gasteiger partial charge in [-0.15, -0.1) is 0 Å². The third-order valence-electron chi connectivity index (χ3n) is 5.79. The highest BCUT2D eigenvalue weighted by Gasteiger charge is 2.37. The van der Waals surface area contributed by atoms with Crippen LogP contribution in [0.15, 0.2) is 78.9 Å². The number of amides is 1. The molecular formula is C26H24IN3O2. The lowest BCUT2D eigenvalue weighted by molar-refractivity contribution is -0.132. The monoisotopic (exact) mass is 537 g/mol. The van der Waals surface area contributed by atoms with Crippen LogP contribution in [-0.2, 0) is 15.1 Å². The molecule has 0 spiro atoms. The molecule has 1 fully saturated rings. The quantitative estimate of drug-likeness (QED) is 0.332. The molecule has 0 bridgehead atoms. The van der Waals surface area contributed by atoms with Gasteiger partial charge in [0.15, 0.2) is 0 Å². The summed E-state index contributed by atoms with van der Waals surface area (Å²) in [5.74, 6) is -0.155. The average molecular weight is 537 g/mol. The van der Waals surface area contributed by atoms with Crippen molar-refractivity contribution in [1.29, 1.82) is 5.26 Å². The number of carbonyl (C=O) groups excluding carboxylic acids is 1. The Morgan fingerprint density at radius 2 is 1.72 bits per heavy atom. The number of nitrogens with zero attached hydrogens (tertiary/aromatic N) is 2. The molecule has 6 heteroatoms. The Kier molecular flexibility index (Phi) is 7.20. The van der Waals surface area contributed by atoms with Gasteiger partial charge in [-0.25, -0.2) is 3.11 Å². The fourth-order valence-electron chi connectivity index (χ4n) is 4.01. The SMILES string of the molecule is N#Cc1cccc(-c2ccc(C3(OCC(=O)Nc4ccccc4)CCN(I)CC3)cc2)c1. The first kappa shape index (κ1) is 22.5. The van der Waals surface area contributed by atoms with Gasteiger partial charge in [0, 0.05) is 41.6 Å². The molecule has 1 amide bonds. The molecule has 162 valence electrons. The molecule has 0 atom stereocenters. The van der Waals surface area contributed by atoms with E-state index in [1.165, 1.54) is 0 Å². The largest absolute Gasteiger partial charge is 0.360 e. The number of para-hydroxylation sites is 1. The van der Waals surface area contributed by atoms with Crippen LogP contribution in [0.3, 0.4) is 0 Å². The molecule has 0 aliphatic carbocycles. The number of carbonyl (C=O) groups is 1. The van der Waals surface area contributed by atoms with Gasteiger partial charge < -0.3 is 10.1 Å². The predicted octanol–water partition coefficient (Wildman–Crippen LogP) is 5.52. The molecule has 1 saturated heterocycles. The van der Waals surface area contributed by atoms with Crippen molar-refractivity contribution < 1.29 is 9.53 Å². The number of halogens is 1. The molecule has 1 aliphatic heterocycles. The number of hydrogen-bond donors (Lipinski definition) is 1. The van der Waals surface area contributed by atoms with Crippen LogP contribution in [0.4, 0.5) is 5.69 Å². The van der Waals surface area contributed by atoms with E-state index in [9.17, 15) is 10.1 Å². The molecule has 3 aromatic carbocycles. The first-order chi connectivity index (χ1) is 15.6. The molecule has 5 nitrogen and oxygen atoms in total. The number of benzene rings is 3. The first-order valence-corrected chi connectivity index (χ1v) is 11.6. The van der Waals surface area contributed by atoms with E-state index in [0.29, 0.717) is 5.56 Å². The van der Waals surface area contributed by atoms with Gasteiger partial charge in [0.05, 0.1) is 17.2 Å². The fraction of sp³-hybridized carbons (Fsp3) is 0.231. The van der Waals surface area contributed by atoms with Crippen molar-refractivity contribution in [2.24, 2.45) is 0 Å². The number of hydrogen-bond acceptors (Lipinski definition) is 4. The second-order valence-corrected chi connectivity index (χ2v) is 9.24. The molecular weight excluding hydrogens is 513 g/mol. The summed E-state index contributed by atoms with van der Waals surface area (Å²) in [6, 6.07) is 27.5. The Balaban J connectivity index is 1.52. The Hall–Kier alpha value is -2.73. The molecule has 1 N–H and O–H groups in total. The molecule has 0 saturated carbocycles. The summed E-state index contributed by atoms with van der Waals surface area (Å²) in [6.45, 7) is 1.79. The highest BCUT2D eigenvalue weighted by atomic mass is 127. The van der Waals surface area contributed by atoms with Crippen LogP contribution in [0, 0.1) is 11.3 Å². The maximum atomic E-state index is 12.5. The van der Waals surface area contributed by atoms with Crippen LogP contribution in [0.5, 0.6) is 0 Å². The van der Waals surface area contributed by atoms with Gasteiger partial charge in [-0.05, 0) is 53.8 Å². The van der Waals surface area contributed by atoms with Gasteiger partial charge in [0.1, 0.15) is 6.61 Å². The molecule has 32 heavy (non-hydrogen) atoms. The van der Waals surface area contributed by atoms with Crippen molar-refractivity contribution in [2.45, 2.75) is 18.4 Å². The van der Waals surface area contributed by atoms with E-state index in [-0.39, 0.29) is 12.5 Å². The van der Waals surface area contributed by atoms with Crippen LogP contribution < -0.4 is 5.32 Å². The molecule has 0 radical (unpaired) electrons. The normalized spacial score (nSPS) is 15.6. The number of piperidine rings is 1. The van der Waals surface area contributed by atoms with Crippen molar-refractivity contribution in [1.82, 2.24) is 3.11 Å². The van der Waals surface area contributed by atoms with Crippen LogP contribution in [0.25, 0.3) is 11.1 Å². The Bertz CT molecular complexity index is 1100. The summed E-state index contributed by atoms with van der Waals surface area (Å²) >= 11 is 2.34. The molecule has 0 unspecified atom stereocenters. The van der Waals surface area contributed by atoms with Gasteiger partial charge in [-0.2, -0.15) is 5.26 Å². The van der Waals surface area contributed by atoms with Crippen LogP contribution in [0.2, 0.25) is 0 Å². The zero-order chi connectivity index (χ0) is 22.4. The van der Waals surface area contributed by atoms with E-state index in [4.69, 9.17) is 4.74 Å². The zero-order valence-corrected chi connectivity index (χ0v) is 19.8. The zero-order valence-electron chi connectivity index (χ0n) is 17.6. The summed E-state index contributed by atoms with van der Waals surface area (Å²) < 4.78 is 8.59. The number of ether oxygens (including phenoxy) is 1. The molecule has 4 rings (SSSR count). The van der Waals surface area contributed by atoms with Crippen molar-refractivity contribution in [3.63, 3.8) is 0 Å². The third kappa shape index (κ3) is 5.36. The molecule has 1 aliphatic rings. The van der Waals surface area contributed by atoms with E-state index < -0.39 is 5.60 Å². The first-order valence-electron chi connectivity index (χ1n) is 10.6. The van der Waals surface area contributed by atoms with Crippen LogP contribution >= 0.6 is 22.9 Å². The molecule has 1 heterocycles. The number of nitriles is 1. The highest BCUT2D eigenvalue weighted by molar-refractivity contribution is 14.1. The van der Waals surface area contributed by atoms with Crippen molar-refractivity contribution >= 4 is 34.5 Å². The lowest BCUT2D eigenvalue weighted by Gasteiger charge is -2.40. The van der Waals surface area contributed by atoms with Gasteiger partial charge in [0.25, 0.3) is 0 Å².